The molecule has 0 aliphatic heterocycles. The predicted molar refractivity (Wildman–Crippen MR) is 103 cm³/mol. The fourth-order valence-electron chi connectivity index (χ4n) is 3.46. The van der Waals surface area contributed by atoms with Gasteiger partial charge in [-0.2, -0.15) is 0 Å². The largest absolute Gasteiger partial charge is 0.449 e. The Morgan fingerprint density at radius 2 is 2.00 bits per heavy atom. The molecule has 0 saturated carbocycles. The Labute approximate surface area is 162 Å². The summed E-state index contributed by atoms with van der Waals surface area (Å²) < 4.78 is 5.26. The second kappa shape index (κ2) is 8.21. The number of hydrogen-bond donors (Lipinski definition) is 1. The molecule has 7 heteroatoms. The molecule has 1 aliphatic rings. The first kappa shape index (κ1) is 19.5. The van der Waals surface area contributed by atoms with Gasteiger partial charge < -0.3 is 10.1 Å². The number of carbonyl (C=O) groups excluding carboxylic acids is 2. The average Bonchev–Trinajstić information content (AvgIpc) is 2.67. The van der Waals surface area contributed by atoms with E-state index in [0.29, 0.717) is 5.56 Å². The summed E-state index contributed by atoms with van der Waals surface area (Å²) in [7, 11) is 0. The number of nitrogens with zero attached hydrogens (tertiary/aromatic N) is 1. The number of amides is 1. The van der Waals surface area contributed by atoms with E-state index >= 15 is 0 Å². The van der Waals surface area contributed by atoms with E-state index in [-0.39, 0.29) is 23.2 Å². The lowest BCUT2D eigenvalue weighted by Gasteiger charge is -2.27. The van der Waals surface area contributed by atoms with E-state index in [9.17, 15) is 19.7 Å². The summed E-state index contributed by atoms with van der Waals surface area (Å²) in [5.41, 5.74) is 2.79. The SMILES string of the molecule is Cc1cc(C(=O)O[C@@H](C)C(=O)N[C@@H]2CCCc3ccccc32)ccc1[N+](=O)[O-]. The van der Waals surface area contributed by atoms with E-state index in [2.05, 4.69) is 11.4 Å². The Bertz CT molecular complexity index is 925. The maximum Gasteiger partial charge on any atom is 0.338 e. The number of benzene rings is 2. The zero-order chi connectivity index (χ0) is 20.3. The van der Waals surface area contributed by atoms with Crippen molar-refractivity contribution in [2.24, 2.45) is 0 Å². The number of ether oxygens (including phenoxy) is 1. The van der Waals surface area contributed by atoms with Crippen LogP contribution in [-0.2, 0) is 16.0 Å². The van der Waals surface area contributed by atoms with Gasteiger partial charge in [0.25, 0.3) is 11.6 Å². The minimum Gasteiger partial charge on any atom is -0.449 e. The average molecular weight is 382 g/mol. The minimum absolute atomic E-state index is 0.0710. The monoisotopic (exact) mass is 382 g/mol. The van der Waals surface area contributed by atoms with E-state index in [4.69, 9.17) is 4.74 Å². The minimum atomic E-state index is -0.975. The third-order valence-electron chi connectivity index (χ3n) is 4.97. The van der Waals surface area contributed by atoms with Crippen LogP contribution in [0.1, 0.15) is 52.9 Å². The second-order valence-electron chi connectivity index (χ2n) is 6.96. The molecule has 0 fully saturated rings. The van der Waals surface area contributed by atoms with Gasteiger partial charge in [-0.3, -0.25) is 14.9 Å². The fraction of sp³-hybridized carbons (Fsp3) is 0.333. The maximum atomic E-state index is 12.5. The van der Waals surface area contributed by atoms with Crippen LogP contribution in [0.15, 0.2) is 42.5 Å². The Hall–Kier alpha value is -3.22. The van der Waals surface area contributed by atoms with E-state index < -0.39 is 17.0 Å². The van der Waals surface area contributed by atoms with Crippen molar-refractivity contribution in [2.45, 2.75) is 45.3 Å². The highest BCUT2D eigenvalue weighted by atomic mass is 16.6. The molecule has 0 heterocycles. The van der Waals surface area contributed by atoms with Gasteiger partial charge in [-0.15, -0.1) is 0 Å². The summed E-state index contributed by atoms with van der Waals surface area (Å²) in [6, 6.07) is 11.9. The highest BCUT2D eigenvalue weighted by Crippen LogP contribution is 2.29. The van der Waals surface area contributed by atoms with Crippen LogP contribution < -0.4 is 5.32 Å². The molecule has 1 amide bonds. The number of nitrogens with one attached hydrogen (secondary N) is 1. The van der Waals surface area contributed by atoms with Crippen LogP contribution in [0.5, 0.6) is 0 Å². The molecule has 0 radical (unpaired) electrons. The van der Waals surface area contributed by atoms with E-state index in [0.717, 1.165) is 24.8 Å². The van der Waals surface area contributed by atoms with Crippen molar-refractivity contribution in [3.8, 4) is 0 Å². The lowest BCUT2D eigenvalue weighted by molar-refractivity contribution is -0.385. The van der Waals surface area contributed by atoms with Crippen LogP contribution >= 0.6 is 0 Å². The number of nitro benzene ring substituents is 1. The Morgan fingerprint density at radius 3 is 2.71 bits per heavy atom. The highest BCUT2D eigenvalue weighted by molar-refractivity contribution is 5.92. The predicted octanol–water partition coefficient (Wildman–Crippen LogP) is 3.64. The first-order chi connectivity index (χ1) is 13.4. The van der Waals surface area contributed by atoms with Gasteiger partial charge in [0.1, 0.15) is 0 Å². The zero-order valence-electron chi connectivity index (χ0n) is 15.8. The van der Waals surface area contributed by atoms with Crippen LogP contribution in [0.25, 0.3) is 0 Å². The summed E-state index contributed by atoms with van der Waals surface area (Å²) in [5.74, 6) is -1.06. The van der Waals surface area contributed by atoms with E-state index in [1.807, 2.05) is 18.2 Å². The van der Waals surface area contributed by atoms with Crippen molar-refractivity contribution in [3.05, 3.63) is 74.8 Å². The molecular weight excluding hydrogens is 360 g/mol. The summed E-state index contributed by atoms with van der Waals surface area (Å²) in [5, 5.41) is 13.8. The second-order valence-corrected chi connectivity index (χ2v) is 6.96. The van der Waals surface area contributed by atoms with Crippen molar-refractivity contribution in [3.63, 3.8) is 0 Å². The van der Waals surface area contributed by atoms with Gasteiger partial charge in [0.2, 0.25) is 0 Å². The van der Waals surface area contributed by atoms with Crippen molar-refractivity contribution in [2.75, 3.05) is 0 Å². The van der Waals surface area contributed by atoms with Crippen LogP contribution in [0.4, 0.5) is 5.69 Å². The smallest absolute Gasteiger partial charge is 0.338 e. The third-order valence-corrected chi connectivity index (χ3v) is 4.97. The number of aryl methyl sites for hydroxylation is 2. The van der Waals surface area contributed by atoms with Gasteiger partial charge in [-0.1, -0.05) is 24.3 Å². The molecule has 28 heavy (non-hydrogen) atoms. The first-order valence-electron chi connectivity index (χ1n) is 9.21. The van der Waals surface area contributed by atoms with E-state index in [1.165, 1.54) is 30.7 Å². The van der Waals surface area contributed by atoms with Crippen LogP contribution in [0.3, 0.4) is 0 Å². The van der Waals surface area contributed by atoms with Crippen molar-refractivity contribution < 1.29 is 19.2 Å². The number of fused-ring (bicyclic) bond motifs is 1. The zero-order valence-corrected chi connectivity index (χ0v) is 15.8. The lowest BCUT2D eigenvalue weighted by atomic mass is 9.87. The van der Waals surface area contributed by atoms with Gasteiger partial charge in [-0.05, 0) is 56.4 Å². The summed E-state index contributed by atoms with van der Waals surface area (Å²) in [6.45, 7) is 3.06. The van der Waals surface area contributed by atoms with Crippen molar-refractivity contribution in [1.29, 1.82) is 0 Å². The number of hydrogen-bond acceptors (Lipinski definition) is 5. The molecular formula is C21H22N2O5. The van der Waals surface area contributed by atoms with Gasteiger partial charge in [-0.25, -0.2) is 4.79 Å². The van der Waals surface area contributed by atoms with Gasteiger partial charge >= 0.3 is 5.97 Å². The van der Waals surface area contributed by atoms with Crippen molar-refractivity contribution in [1.82, 2.24) is 5.32 Å². The van der Waals surface area contributed by atoms with Gasteiger partial charge in [0.05, 0.1) is 16.5 Å². The molecule has 146 valence electrons. The normalized spacial score (nSPS) is 16.6. The molecule has 0 spiro atoms. The molecule has 2 aromatic carbocycles. The number of rotatable bonds is 5. The number of esters is 1. The quantitative estimate of drug-likeness (QED) is 0.484. The topological polar surface area (TPSA) is 98.5 Å². The maximum absolute atomic E-state index is 12.5. The van der Waals surface area contributed by atoms with E-state index in [1.54, 1.807) is 6.92 Å². The Kier molecular flexibility index (Phi) is 5.73. The third kappa shape index (κ3) is 4.19. The molecule has 2 atom stereocenters. The fourth-order valence-corrected chi connectivity index (χ4v) is 3.46. The van der Waals surface area contributed by atoms with Crippen molar-refractivity contribution >= 4 is 17.6 Å². The summed E-state index contributed by atoms with van der Waals surface area (Å²) in [4.78, 5) is 35.2. The molecule has 0 aromatic heterocycles. The number of carbonyl (C=O) groups is 2. The van der Waals surface area contributed by atoms with Crippen LogP contribution in [-0.4, -0.2) is 22.9 Å². The lowest BCUT2D eigenvalue weighted by Crippen LogP contribution is -2.39. The highest BCUT2D eigenvalue weighted by Gasteiger charge is 2.26. The molecule has 0 bridgehead atoms. The molecule has 3 rings (SSSR count). The molecule has 2 aromatic rings. The van der Waals surface area contributed by atoms with Gasteiger partial charge in [0, 0.05) is 11.6 Å². The number of nitro groups is 1. The summed E-state index contributed by atoms with van der Waals surface area (Å²) >= 11 is 0. The Morgan fingerprint density at radius 1 is 1.25 bits per heavy atom. The molecule has 0 saturated heterocycles. The first-order valence-corrected chi connectivity index (χ1v) is 9.21. The summed E-state index contributed by atoms with van der Waals surface area (Å²) in [6.07, 6.45) is 1.84. The molecule has 1 aliphatic carbocycles. The molecule has 1 N–H and O–H groups in total. The molecule has 0 unspecified atom stereocenters. The van der Waals surface area contributed by atoms with Crippen LogP contribution in [0.2, 0.25) is 0 Å². The Balaban J connectivity index is 1.64. The standard InChI is InChI=1S/C21H22N2O5/c1-13-12-16(10-11-19(13)23(26)27)21(25)28-14(2)20(24)22-18-9-5-7-15-6-3-4-8-17(15)18/h3-4,6,8,10-12,14,18H,5,7,9H2,1-2H3,(H,22,24)/t14-,18+/m0/s1. The van der Waals surface area contributed by atoms with Gasteiger partial charge in [0.15, 0.2) is 6.10 Å². The van der Waals surface area contributed by atoms with Crippen LogP contribution in [0, 0.1) is 17.0 Å². The molecule has 7 nitrogen and oxygen atoms in total.